The van der Waals surface area contributed by atoms with E-state index in [0.29, 0.717) is 0 Å². The molecule has 0 saturated heterocycles. The number of hydrogen-bond donors (Lipinski definition) is 2. The first-order valence-corrected chi connectivity index (χ1v) is 8.68. The molecule has 0 aromatic heterocycles. The van der Waals surface area contributed by atoms with Crippen LogP contribution in [0.2, 0.25) is 0 Å². The third kappa shape index (κ3) is 6.14. The molecule has 0 aliphatic carbocycles. The van der Waals surface area contributed by atoms with Crippen molar-refractivity contribution in [2.75, 3.05) is 0 Å². The summed E-state index contributed by atoms with van der Waals surface area (Å²) in [5.74, 6) is -0.845. The van der Waals surface area contributed by atoms with Crippen molar-refractivity contribution in [2.45, 2.75) is 19.6 Å². The quantitative estimate of drug-likeness (QED) is 0.558. The van der Waals surface area contributed by atoms with Crippen molar-refractivity contribution in [1.82, 2.24) is 5.48 Å². The second-order valence-corrected chi connectivity index (χ2v) is 6.20. The second-order valence-electron chi connectivity index (χ2n) is 4.90. The number of para-hydroxylation sites is 1. The minimum atomic E-state index is -4.56. The van der Waals surface area contributed by atoms with E-state index in [2.05, 4.69) is 10.0 Å². The summed E-state index contributed by atoms with van der Waals surface area (Å²) in [6.07, 6.45) is 0. The van der Waals surface area contributed by atoms with Crippen molar-refractivity contribution in [2.24, 2.45) is 0 Å². The fourth-order valence-corrected chi connectivity index (χ4v) is 2.51. The fourth-order valence-electron chi connectivity index (χ4n) is 1.70. The summed E-state index contributed by atoms with van der Waals surface area (Å²) in [5, 5.41) is 0. The van der Waals surface area contributed by atoms with Crippen molar-refractivity contribution in [1.29, 1.82) is 0 Å². The van der Waals surface area contributed by atoms with Crippen molar-refractivity contribution < 1.29 is 28.1 Å². The fraction of sp³-hybridized carbons (Fsp3) is 0.188. The minimum absolute atomic E-state index is 0.122. The zero-order valence-corrected chi connectivity index (χ0v) is 13.9. The van der Waals surface area contributed by atoms with Crippen LogP contribution in [0, 0.1) is 0 Å². The highest BCUT2D eigenvalue weighted by Crippen LogP contribution is 2.44. The molecule has 0 amide bonds. The number of carbonyl (C=O) groups is 1. The van der Waals surface area contributed by atoms with E-state index in [9.17, 15) is 14.3 Å². The molecule has 128 valence electrons. The normalized spacial score (nSPS) is 14.4. The first-order valence-electron chi connectivity index (χ1n) is 7.18. The van der Waals surface area contributed by atoms with Crippen LogP contribution in [0.25, 0.3) is 0 Å². The van der Waals surface area contributed by atoms with Crippen LogP contribution in [-0.2, 0) is 25.3 Å². The highest BCUT2D eigenvalue weighted by molar-refractivity contribution is 7.48. The number of nitrogens with one attached hydrogen (secondary N) is 1. The average molecular weight is 351 g/mol. The molecule has 0 aliphatic rings. The van der Waals surface area contributed by atoms with Gasteiger partial charge < -0.3 is 9.05 Å². The van der Waals surface area contributed by atoms with E-state index >= 15 is 0 Å². The monoisotopic (exact) mass is 351 g/mol. The van der Waals surface area contributed by atoms with Gasteiger partial charge in [-0.2, -0.15) is 5.48 Å². The van der Waals surface area contributed by atoms with Crippen molar-refractivity contribution in [3.8, 4) is 5.75 Å². The third-order valence-electron chi connectivity index (χ3n) is 2.86. The summed E-state index contributed by atoms with van der Waals surface area (Å²) >= 11 is 0. The Kier molecular flexibility index (Phi) is 6.52. The Morgan fingerprint density at radius 2 is 1.71 bits per heavy atom. The molecule has 0 radical (unpaired) electrons. The van der Waals surface area contributed by atoms with E-state index in [1.165, 1.54) is 19.1 Å². The Morgan fingerprint density at radius 1 is 1.12 bits per heavy atom. The predicted octanol–water partition coefficient (Wildman–Crippen LogP) is 2.82. The van der Waals surface area contributed by atoms with Crippen LogP contribution in [0.3, 0.4) is 0 Å². The standard InChI is InChI=1S/C16H18NO6P/c1-13(17-21-12-14-8-4-2-5-9-14)16(18)23-24(19,20)22-15-10-6-3-7-11-15/h2-11,13,17H,12H2,1H3,(H,19,20). The maximum atomic E-state index is 11.8. The van der Waals surface area contributed by atoms with Gasteiger partial charge in [-0.15, -0.1) is 0 Å². The van der Waals surface area contributed by atoms with Crippen LogP contribution in [-0.4, -0.2) is 16.9 Å². The zero-order valence-electron chi connectivity index (χ0n) is 13.0. The van der Waals surface area contributed by atoms with Gasteiger partial charge in [-0.05, 0) is 24.6 Å². The maximum absolute atomic E-state index is 11.8. The first kappa shape index (κ1) is 18.2. The van der Waals surface area contributed by atoms with Crippen LogP contribution in [0.5, 0.6) is 5.75 Å². The van der Waals surface area contributed by atoms with Crippen molar-refractivity contribution >= 4 is 13.8 Å². The lowest BCUT2D eigenvalue weighted by Gasteiger charge is -2.16. The first-order chi connectivity index (χ1) is 11.5. The molecule has 2 unspecified atom stereocenters. The van der Waals surface area contributed by atoms with E-state index < -0.39 is 19.8 Å². The Labute approximate surface area is 139 Å². The number of hydroxylamine groups is 1. The van der Waals surface area contributed by atoms with Crippen LogP contribution < -0.4 is 10.0 Å². The molecule has 0 bridgehead atoms. The predicted molar refractivity (Wildman–Crippen MR) is 86.8 cm³/mol. The molecule has 2 N–H and O–H groups in total. The van der Waals surface area contributed by atoms with Gasteiger partial charge in [0.2, 0.25) is 0 Å². The third-order valence-corrected chi connectivity index (χ3v) is 3.72. The van der Waals surface area contributed by atoms with Gasteiger partial charge in [-0.25, -0.2) is 9.36 Å². The van der Waals surface area contributed by atoms with Gasteiger partial charge in [0, 0.05) is 0 Å². The second kappa shape index (κ2) is 8.61. The molecule has 0 saturated carbocycles. The van der Waals surface area contributed by atoms with E-state index in [1.54, 1.807) is 18.2 Å². The molecule has 2 aromatic carbocycles. The Hall–Kier alpha value is -2.18. The molecule has 2 atom stereocenters. The molecule has 0 heterocycles. The summed E-state index contributed by atoms with van der Waals surface area (Å²) in [6.45, 7) is 1.67. The van der Waals surface area contributed by atoms with Gasteiger partial charge >= 0.3 is 13.8 Å². The summed E-state index contributed by atoms with van der Waals surface area (Å²) in [7, 11) is -4.56. The van der Waals surface area contributed by atoms with Gasteiger partial charge in [0.05, 0.1) is 6.61 Å². The van der Waals surface area contributed by atoms with Gasteiger partial charge in [-0.3, -0.25) is 9.73 Å². The van der Waals surface area contributed by atoms with E-state index in [-0.39, 0.29) is 12.4 Å². The number of carbonyl (C=O) groups excluding carboxylic acids is 1. The molecule has 2 aromatic rings. The summed E-state index contributed by atoms with van der Waals surface area (Å²) in [6, 6.07) is 16.3. The van der Waals surface area contributed by atoms with Gasteiger partial charge in [0.15, 0.2) is 0 Å². The van der Waals surface area contributed by atoms with E-state index in [0.717, 1.165) is 5.56 Å². The molecule has 0 aliphatic heterocycles. The average Bonchev–Trinajstić information content (AvgIpc) is 2.55. The molecule has 24 heavy (non-hydrogen) atoms. The van der Waals surface area contributed by atoms with Crippen LogP contribution in [0.15, 0.2) is 60.7 Å². The molecular weight excluding hydrogens is 333 g/mol. The van der Waals surface area contributed by atoms with E-state index in [4.69, 9.17) is 9.36 Å². The summed E-state index contributed by atoms with van der Waals surface area (Å²) < 4.78 is 21.1. The Morgan fingerprint density at radius 3 is 2.33 bits per heavy atom. The SMILES string of the molecule is CC(NOCc1ccccc1)C(=O)OP(=O)(O)Oc1ccccc1. The number of rotatable bonds is 8. The van der Waals surface area contributed by atoms with Gasteiger partial charge in [0.1, 0.15) is 11.8 Å². The van der Waals surface area contributed by atoms with Gasteiger partial charge in [0.25, 0.3) is 0 Å². The lowest BCUT2D eigenvalue weighted by atomic mass is 10.2. The van der Waals surface area contributed by atoms with Crippen LogP contribution >= 0.6 is 7.82 Å². The Bertz CT molecular complexity index is 694. The van der Waals surface area contributed by atoms with Crippen LogP contribution in [0.4, 0.5) is 0 Å². The molecule has 8 heteroatoms. The lowest BCUT2D eigenvalue weighted by Crippen LogP contribution is -2.35. The number of phosphoric acid groups is 1. The molecule has 0 fully saturated rings. The smallest absolute Gasteiger partial charge is 0.395 e. The zero-order chi connectivity index (χ0) is 17.4. The number of hydrogen-bond acceptors (Lipinski definition) is 6. The van der Waals surface area contributed by atoms with Crippen molar-refractivity contribution in [3.05, 3.63) is 66.2 Å². The molecular formula is C16H18NO6P. The maximum Gasteiger partial charge on any atom is 0.587 e. The highest BCUT2D eigenvalue weighted by Gasteiger charge is 2.30. The summed E-state index contributed by atoms with van der Waals surface area (Å²) in [4.78, 5) is 26.6. The molecule has 7 nitrogen and oxygen atoms in total. The topological polar surface area (TPSA) is 94.1 Å². The van der Waals surface area contributed by atoms with Gasteiger partial charge in [-0.1, -0.05) is 48.5 Å². The number of phosphoric ester groups is 1. The molecule has 2 rings (SSSR count). The Balaban J connectivity index is 1.79. The van der Waals surface area contributed by atoms with Crippen LogP contribution in [0.1, 0.15) is 12.5 Å². The largest absolute Gasteiger partial charge is 0.587 e. The minimum Gasteiger partial charge on any atom is -0.395 e. The molecule has 0 spiro atoms. The van der Waals surface area contributed by atoms with Crippen molar-refractivity contribution in [3.63, 3.8) is 0 Å². The lowest BCUT2D eigenvalue weighted by molar-refractivity contribution is -0.142. The number of benzene rings is 2. The highest BCUT2D eigenvalue weighted by atomic mass is 31.2. The van der Waals surface area contributed by atoms with E-state index in [1.807, 2.05) is 30.3 Å². The summed E-state index contributed by atoms with van der Waals surface area (Å²) in [5.41, 5.74) is 3.36.